The van der Waals surface area contributed by atoms with Gasteiger partial charge in [-0.25, -0.2) is 0 Å². The van der Waals surface area contributed by atoms with Gasteiger partial charge in [0.05, 0.1) is 12.2 Å². The van der Waals surface area contributed by atoms with Crippen molar-refractivity contribution in [1.29, 1.82) is 0 Å². The SMILES string of the molecule is CCC(CNC1CC1)N1CC(C)OC(C)C1. The van der Waals surface area contributed by atoms with Crippen molar-refractivity contribution in [3.05, 3.63) is 0 Å². The molecule has 3 unspecified atom stereocenters. The first-order valence-electron chi connectivity index (χ1n) is 6.82. The van der Waals surface area contributed by atoms with Crippen LogP contribution in [0.15, 0.2) is 0 Å². The van der Waals surface area contributed by atoms with Gasteiger partial charge in [-0.3, -0.25) is 4.90 Å². The lowest BCUT2D eigenvalue weighted by atomic mass is 10.1. The molecule has 0 radical (unpaired) electrons. The zero-order valence-corrected chi connectivity index (χ0v) is 10.9. The standard InChI is InChI=1S/C13H26N2O/c1-4-13(7-14-12-5-6-12)15-8-10(2)16-11(3)9-15/h10-14H,4-9H2,1-3H3. The van der Waals surface area contributed by atoms with Gasteiger partial charge in [0.25, 0.3) is 0 Å². The van der Waals surface area contributed by atoms with Crippen LogP contribution in [-0.4, -0.2) is 48.8 Å². The first kappa shape index (κ1) is 12.3. The van der Waals surface area contributed by atoms with Gasteiger partial charge in [-0.15, -0.1) is 0 Å². The van der Waals surface area contributed by atoms with Gasteiger partial charge in [-0.05, 0) is 33.1 Å². The van der Waals surface area contributed by atoms with E-state index in [2.05, 4.69) is 31.0 Å². The third kappa shape index (κ3) is 3.44. The predicted molar refractivity (Wildman–Crippen MR) is 66.7 cm³/mol. The van der Waals surface area contributed by atoms with Crippen LogP contribution in [0.25, 0.3) is 0 Å². The minimum absolute atomic E-state index is 0.388. The smallest absolute Gasteiger partial charge is 0.0678 e. The van der Waals surface area contributed by atoms with Crippen LogP contribution in [0.5, 0.6) is 0 Å². The number of nitrogens with one attached hydrogen (secondary N) is 1. The molecule has 1 N–H and O–H groups in total. The van der Waals surface area contributed by atoms with E-state index in [4.69, 9.17) is 4.74 Å². The Hall–Kier alpha value is -0.120. The number of hydrogen-bond acceptors (Lipinski definition) is 3. The zero-order valence-electron chi connectivity index (χ0n) is 10.9. The molecule has 2 aliphatic rings. The first-order chi connectivity index (χ1) is 7.69. The maximum atomic E-state index is 5.79. The number of hydrogen-bond donors (Lipinski definition) is 1. The quantitative estimate of drug-likeness (QED) is 0.771. The van der Waals surface area contributed by atoms with E-state index in [1.54, 1.807) is 0 Å². The largest absolute Gasteiger partial charge is 0.373 e. The summed E-state index contributed by atoms with van der Waals surface area (Å²) in [5.41, 5.74) is 0. The third-order valence-corrected chi connectivity index (χ3v) is 3.66. The normalized spacial score (nSPS) is 33.9. The van der Waals surface area contributed by atoms with Crippen LogP contribution in [0.1, 0.15) is 40.0 Å². The Labute approximate surface area is 99.5 Å². The predicted octanol–water partition coefficient (Wildman–Crippen LogP) is 1.63. The molecular formula is C13H26N2O. The van der Waals surface area contributed by atoms with Gasteiger partial charge in [-0.2, -0.15) is 0 Å². The molecule has 2 fully saturated rings. The summed E-state index contributed by atoms with van der Waals surface area (Å²) < 4.78 is 5.79. The van der Waals surface area contributed by atoms with E-state index in [1.807, 2.05) is 0 Å². The zero-order chi connectivity index (χ0) is 11.5. The van der Waals surface area contributed by atoms with Gasteiger partial charge < -0.3 is 10.1 Å². The highest BCUT2D eigenvalue weighted by atomic mass is 16.5. The molecule has 0 bridgehead atoms. The Morgan fingerprint density at radius 2 is 1.88 bits per heavy atom. The second kappa shape index (κ2) is 5.48. The van der Waals surface area contributed by atoms with Gasteiger partial charge >= 0.3 is 0 Å². The van der Waals surface area contributed by atoms with Crippen molar-refractivity contribution >= 4 is 0 Å². The Morgan fingerprint density at radius 1 is 1.25 bits per heavy atom. The van der Waals surface area contributed by atoms with Crippen molar-refractivity contribution in [3.8, 4) is 0 Å². The van der Waals surface area contributed by atoms with Crippen LogP contribution in [0, 0.1) is 0 Å². The van der Waals surface area contributed by atoms with Crippen LogP contribution in [0.3, 0.4) is 0 Å². The highest BCUT2D eigenvalue weighted by molar-refractivity contribution is 4.85. The molecule has 1 saturated heterocycles. The van der Waals surface area contributed by atoms with Crippen LogP contribution < -0.4 is 5.32 Å². The highest BCUT2D eigenvalue weighted by Crippen LogP contribution is 2.20. The van der Waals surface area contributed by atoms with E-state index in [9.17, 15) is 0 Å². The summed E-state index contributed by atoms with van der Waals surface area (Å²) in [5.74, 6) is 0. The average Bonchev–Trinajstić information content (AvgIpc) is 3.01. The molecule has 0 aromatic heterocycles. The van der Waals surface area contributed by atoms with Crippen molar-refractivity contribution in [1.82, 2.24) is 10.2 Å². The molecule has 3 nitrogen and oxygen atoms in total. The van der Waals surface area contributed by atoms with Gasteiger partial charge in [0.1, 0.15) is 0 Å². The summed E-state index contributed by atoms with van der Waals surface area (Å²) in [4.78, 5) is 2.61. The Bertz CT molecular complexity index is 208. The summed E-state index contributed by atoms with van der Waals surface area (Å²) in [6.07, 6.45) is 4.77. The second-order valence-electron chi connectivity index (χ2n) is 5.46. The lowest BCUT2D eigenvalue weighted by Crippen LogP contribution is -2.52. The second-order valence-corrected chi connectivity index (χ2v) is 5.46. The fourth-order valence-electron chi connectivity index (χ4n) is 2.64. The molecule has 1 saturated carbocycles. The summed E-state index contributed by atoms with van der Waals surface area (Å²) in [6.45, 7) is 10.0. The van der Waals surface area contributed by atoms with E-state index in [0.717, 1.165) is 25.7 Å². The minimum atomic E-state index is 0.388. The number of morpholine rings is 1. The van der Waals surface area contributed by atoms with E-state index in [-0.39, 0.29) is 0 Å². The van der Waals surface area contributed by atoms with Crippen LogP contribution in [0.4, 0.5) is 0 Å². The fraction of sp³-hybridized carbons (Fsp3) is 1.00. The lowest BCUT2D eigenvalue weighted by molar-refractivity contribution is -0.0804. The average molecular weight is 226 g/mol. The third-order valence-electron chi connectivity index (χ3n) is 3.66. The van der Waals surface area contributed by atoms with Gasteiger partial charge in [0, 0.05) is 31.7 Å². The van der Waals surface area contributed by atoms with Gasteiger partial charge in [-0.1, -0.05) is 6.92 Å². The molecule has 2 rings (SSSR count). The molecule has 3 heteroatoms. The number of nitrogens with zero attached hydrogens (tertiary/aromatic N) is 1. The lowest BCUT2D eigenvalue weighted by Gasteiger charge is -2.40. The van der Waals surface area contributed by atoms with Crippen LogP contribution >= 0.6 is 0 Å². The Morgan fingerprint density at radius 3 is 2.38 bits per heavy atom. The monoisotopic (exact) mass is 226 g/mol. The molecule has 3 atom stereocenters. The maximum Gasteiger partial charge on any atom is 0.0678 e. The topological polar surface area (TPSA) is 24.5 Å². The Balaban J connectivity index is 1.80. The molecule has 0 aromatic carbocycles. The maximum absolute atomic E-state index is 5.79. The molecule has 0 amide bonds. The molecule has 1 aliphatic heterocycles. The van der Waals surface area contributed by atoms with E-state index < -0.39 is 0 Å². The summed E-state index contributed by atoms with van der Waals surface area (Å²) in [6, 6.07) is 1.51. The van der Waals surface area contributed by atoms with Crippen LogP contribution in [-0.2, 0) is 4.74 Å². The number of rotatable bonds is 5. The molecule has 94 valence electrons. The van der Waals surface area contributed by atoms with Crippen molar-refractivity contribution in [2.24, 2.45) is 0 Å². The van der Waals surface area contributed by atoms with E-state index >= 15 is 0 Å². The van der Waals surface area contributed by atoms with E-state index in [1.165, 1.54) is 19.3 Å². The molecule has 1 aliphatic carbocycles. The summed E-state index contributed by atoms with van der Waals surface area (Å²) in [7, 11) is 0. The van der Waals surface area contributed by atoms with Crippen molar-refractivity contribution < 1.29 is 4.74 Å². The van der Waals surface area contributed by atoms with Gasteiger partial charge in [0.2, 0.25) is 0 Å². The molecule has 0 aromatic rings. The van der Waals surface area contributed by atoms with Gasteiger partial charge in [0.15, 0.2) is 0 Å². The van der Waals surface area contributed by atoms with Crippen molar-refractivity contribution in [2.75, 3.05) is 19.6 Å². The molecule has 0 spiro atoms. The summed E-state index contributed by atoms with van der Waals surface area (Å²) >= 11 is 0. The molecule has 16 heavy (non-hydrogen) atoms. The van der Waals surface area contributed by atoms with Crippen molar-refractivity contribution in [2.45, 2.75) is 64.3 Å². The van der Waals surface area contributed by atoms with Crippen LogP contribution in [0.2, 0.25) is 0 Å². The fourth-order valence-corrected chi connectivity index (χ4v) is 2.64. The summed E-state index contributed by atoms with van der Waals surface area (Å²) in [5, 5.41) is 3.65. The minimum Gasteiger partial charge on any atom is -0.373 e. The van der Waals surface area contributed by atoms with Crippen molar-refractivity contribution in [3.63, 3.8) is 0 Å². The molecular weight excluding hydrogens is 200 g/mol. The Kier molecular flexibility index (Phi) is 4.22. The highest BCUT2D eigenvalue weighted by Gasteiger charge is 2.28. The molecule has 1 heterocycles. The van der Waals surface area contributed by atoms with E-state index in [0.29, 0.717) is 18.2 Å². The number of ether oxygens (including phenoxy) is 1. The first-order valence-corrected chi connectivity index (χ1v) is 6.82.